The molecule has 26 heavy (non-hydrogen) atoms. The van der Waals surface area contributed by atoms with Crippen LogP contribution in [0, 0.1) is 0 Å². The van der Waals surface area contributed by atoms with Crippen molar-refractivity contribution in [3.63, 3.8) is 0 Å². The van der Waals surface area contributed by atoms with Crippen LogP contribution in [0.25, 0.3) is 0 Å². The fraction of sp³-hybridized carbons (Fsp3) is 0.0500. The number of carbonyl (C=O) groups excluding carboxylic acids is 1. The van der Waals surface area contributed by atoms with Crippen LogP contribution in [0.2, 0.25) is 0 Å². The molecule has 1 heterocycles. The van der Waals surface area contributed by atoms with Crippen molar-refractivity contribution in [1.29, 1.82) is 0 Å². The predicted molar refractivity (Wildman–Crippen MR) is 107 cm³/mol. The summed E-state index contributed by atoms with van der Waals surface area (Å²) in [6.45, 7) is 0.632. The first-order valence-electron chi connectivity index (χ1n) is 8.02. The Hall–Kier alpha value is -2.99. The van der Waals surface area contributed by atoms with E-state index in [9.17, 15) is 4.79 Å². The summed E-state index contributed by atoms with van der Waals surface area (Å²) in [6, 6.07) is 18.6. The van der Waals surface area contributed by atoms with Crippen molar-refractivity contribution >= 4 is 33.7 Å². The lowest BCUT2D eigenvalue weighted by Crippen LogP contribution is -2.11. The number of pyridine rings is 1. The number of amides is 1. The Kier molecular flexibility index (Phi) is 6.11. The van der Waals surface area contributed by atoms with Gasteiger partial charge < -0.3 is 10.7 Å². The Balaban J connectivity index is 1.53. The monoisotopic (exact) mass is 408 g/mol. The summed E-state index contributed by atoms with van der Waals surface area (Å²) in [5, 5.41) is 7.05. The summed E-state index contributed by atoms with van der Waals surface area (Å²) in [6.07, 6.45) is 5.22. The van der Waals surface area contributed by atoms with Crippen LogP contribution in [-0.2, 0) is 6.54 Å². The van der Waals surface area contributed by atoms with Crippen LogP contribution in [0.5, 0.6) is 0 Å². The van der Waals surface area contributed by atoms with Gasteiger partial charge in [-0.15, -0.1) is 0 Å². The zero-order valence-corrected chi connectivity index (χ0v) is 15.5. The zero-order valence-electron chi connectivity index (χ0n) is 13.9. The molecule has 0 saturated heterocycles. The smallest absolute Gasteiger partial charge is 0.255 e. The number of anilines is 1. The first kappa shape index (κ1) is 17.8. The molecule has 2 N–H and O–H groups in total. The number of hydrazone groups is 1. The maximum absolute atomic E-state index is 12.3. The second kappa shape index (κ2) is 8.92. The fourth-order valence-electron chi connectivity index (χ4n) is 2.21. The van der Waals surface area contributed by atoms with Crippen molar-refractivity contribution in [2.45, 2.75) is 6.54 Å². The van der Waals surface area contributed by atoms with E-state index in [1.165, 1.54) is 0 Å². The molecule has 0 aliphatic rings. The fourth-order valence-corrected chi connectivity index (χ4v) is 2.48. The number of hydrogen-bond acceptors (Lipinski definition) is 4. The predicted octanol–water partition coefficient (Wildman–Crippen LogP) is 4.22. The largest absolute Gasteiger partial charge is 0.322 e. The lowest BCUT2D eigenvalue weighted by molar-refractivity contribution is 0.102. The number of halogens is 1. The molecule has 0 atom stereocenters. The molecule has 0 spiro atoms. The highest BCUT2D eigenvalue weighted by Crippen LogP contribution is 2.15. The summed E-state index contributed by atoms with van der Waals surface area (Å²) in [4.78, 5) is 16.2. The number of rotatable bonds is 6. The van der Waals surface area contributed by atoms with Gasteiger partial charge in [0.15, 0.2) is 0 Å². The lowest BCUT2D eigenvalue weighted by atomic mass is 10.1. The molecule has 130 valence electrons. The SMILES string of the molecule is O=C(Nc1ccc(Br)cc1)c1ccc(/C=N/NCc2ccncc2)cc1. The van der Waals surface area contributed by atoms with E-state index < -0.39 is 0 Å². The molecule has 5 nitrogen and oxygen atoms in total. The van der Waals surface area contributed by atoms with Crippen LogP contribution in [0.3, 0.4) is 0 Å². The first-order chi connectivity index (χ1) is 12.7. The van der Waals surface area contributed by atoms with Crippen molar-refractivity contribution in [3.05, 3.63) is 94.2 Å². The average Bonchev–Trinajstić information content (AvgIpc) is 2.68. The number of carbonyl (C=O) groups is 1. The third-order valence-corrected chi connectivity index (χ3v) is 4.14. The van der Waals surface area contributed by atoms with E-state index in [0.29, 0.717) is 12.1 Å². The molecule has 1 aromatic heterocycles. The van der Waals surface area contributed by atoms with E-state index in [0.717, 1.165) is 21.3 Å². The molecule has 0 fully saturated rings. The molecular formula is C20H17BrN4O. The van der Waals surface area contributed by atoms with Gasteiger partial charge in [0.05, 0.1) is 12.8 Å². The second-order valence-electron chi connectivity index (χ2n) is 5.53. The summed E-state index contributed by atoms with van der Waals surface area (Å²) < 4.78 is 0.969. The Bertz CT molecular complexity index is 878. The number of aromatic nitrogens is 1. The van der Waals surface area contributed by atoms with Crippen LogP contribution in [-0.4, -0.2) is 17.1 Å². The molecule has 3 aromatic rings. The molecule has 0 aliphatic heterocycles. The first-order valence-corrected chi connectivity index (χ1v) is 8.82. The van der Waals surface area contributed by atoms with Crippen LogP contribution < -0.4 is 10.7 Å². The van der Waals surface area contributed by atoms with E-state index in [4.69, 9.17) is 0 Å². The van der Waals surface area contributed by atoms with Crippen molar-refractivity contribution < 1.29 is 4.79 Å². The molecule has 6 heteroatoms. The van der Waals surface area contributed by atoms with Gasteiger partial charge in [0.1, 0.15) is 0 Å². The zero-order chi connectivity index (χ0) is 18.2. The molecule has 0 bridgehead atoms. The molecule has 0 aliphatic carbocycles. The third kappa shape index (κ3) is 5.26. The quantitative estimate of drug-likeness (QED) is 0.473. The topological polar surface area (TPSA) is 66.4 Å². The van der Waals surface area contributed by atoms with Gasteiger partial charge in [0.25, 0.3) is 5.91 Å². The number of benzene rings is 2. The molecule has 2 aromatic carbocycles. The average molecular weight is 409 g/mol. The molecule has 0 radical (unpaired) electrons. The molecular weight excluding hydrogens is 392 g/mol. The van der Waals surface area contributed by atoms with Crippen molar-refractivity contribution in [2.24, 2.45) is 5.10 Å². The minimum Gasteiger partial charge on any atom is -0.322 e. The minimum atomic E-state index is -0.147. The van der Waals surface area contributed by atoms with Gasteiger partial charge in [-0.05, 0) is 59.7 Å². The highest BCUT2D eigenvalue weighted by molar-refractivity contribution is 9.10. The number of nitrogens with zero attached hydrogens (tertiary/aromatic N) is 2. The molecule has 1 amide bonds. The van der Waals surface area contributed by atoms with Crippen molar-refractivity contribution in [3.8, 4) is 0 Å². The third-order valence-electron chi connectivity index (χ3n) is 3.61. The summed E-state index contributed by atoms with van der Waals surface area (Å²) in [5.41, 5.74) is 6.35. The standard InChI is InChI=1S/C20H17BrN4O/c21-18-5-7-19(8-6-18)25-20(26)17-3-1-15(2-4-17)13-23-24-14-16-9-11-22-12-10-16/h1-13,24H,14H2,(H,25,26)/b23-13+. The Morgan fingerprint density at radius 3 is 2.38 bits per heavy atom. The van der Waals surface area contributed by atoms with E-state index >= 15 is 0 Å². The van der Waals surface area contributed by atoms with Gasteiger partial charge in [0.2, 0.25) is 0 Å². The number of hydrogen-bond donors (Lipinski definition) is 2. The van der Waals surface area contributed by atoms with Crippen molar-refractivity contribution in [1.82, 2.24) is 10.4 Å². The highest BCUT2D eigenvalue weighted by Gasteiger charge is 2.05. The maximum atomic E-state index is 12.3. The van der Waals surface area contributed by atoms with Gasteiger partial charge in [-0.3, -0.25) is 9.78 Å². The Labute approximate surface area is 160 Å². The Morgan fingerprint density at radius 2 is 1.69 bits per heavy atom. The van der Waals surface area contributed by atoms with E-state index in [1.807, 2.05) is 48.5 Å². The minimum absolute atomic E-state index is 0.147. The van der Waals surface area contributed by atoms with E-state index in [-0.39, 0.29) is 5.91 Å². The van der Waals surface area contributed by atoms with Gasteiger partial charge in [-0.1, -0.05) is 28.1 Å². The van der Waals surface area contributed by atoms with Crippen molar-refractivity contribution in [2.75, 3.05) is 5.32 Å². The van der Waals surface area contributed by atoms with Gasteiger partial charge in [-0.2, -0.15) is 5.10 Å². The van der Waals surface area contributed by atoms with Gasteiger partial charge >= 0.3 is 0 Å². The normalized spacial score (nSPS) is 10.7. The van der Waals surface area contributed by atoms with Crippen LogP contribution >= 0.6 is 15.9 Å². The molecule has 3 rings (SSSR count). The number of nitrogens with one attached hydrogen (secondary N) is 2. The summed E-state index contributed by atoms with van der Waals surface area (Å²) in [7, 11) is 0. The van der Waals surface area contributed by atoms with Gasteiger partial charge in [-0.25, -0.2) is 0 Å². The van der Waals surface area contributed by atoms with Gasteiger partial charge in [0, 0.05) is 28.1 Å². The van der Waals surface area contributed by atoms with Crippen LogP contribution in [0.15, 0.2) is 82.6 Å². The second-order valence-corrected chi connectivity index (χ2v) is 6.45. The van der Waals surface area contributed by atoms with Crippen LogP contribution in [0.4, 0.5) is 5.69 Å². The molecule has 0 saturated carbocycles. The van der Waals surface area contributed by atoms with E-state index in [1.54, 1.807) is 30.7 Å². The maximum Gasteiger partial charge on any atom is 0.255 e. The lowest BCUT2D eigenvalue weighted by Gasteiger charge is -2.05. The summed E-state index contributed by atoms with van der Waals surface area (Å²) in [5.74, 6) is -0.147. The summed E-state index contributed by atoms with van der Waals surface area (Å²) >= 11 is 3.37. The Morgan fingerprint density at radius 1 is 1.00 bits per heavy atom. The van der Waals surface area contributed by atoms with Crippen LogP contribution in [0.1, 0.15) is 21.5 Å². The highest BCUT2D eigenvalue weighted by atomic mass is 79.9. The molecule has 0 unspecified atom stereocenters. The van der Waals surface area contributed by atoms with E-state index in [2.05, 4.69) is 36.8 Å².